The molecule has 0 saturated carbocycles. The van der Waals surface area contributed by atoms with E-state index in [0.29, 0.717) is 16.6 Å². The molecule has 0 heterocycles. The molecule has 0 aliphatic heterocycles. The summed E-state index contributed by atoms with van der Waals surface area (Å²) < 4.78 is 31.3. The zero-order valence-electron chi connectivity index (χ0n) is 18.3. The van der Waals surface area contributed by atoms with Crippen LogP contribution in [0.2, 0.25) is 0 Å². The van der Waals surface area contributed by atoms with Crippen LogP contribution < -0.4 is 9.05 Å². The molecule has 0 N–H and O–H groups in total. The Balaban J connectivity index is 1.83. The van der Waals surface area contributed by atoms with Crippen molar-refractivity contribution in [3.8, 4) is 11.5 Å². The second-order valence-electron chi connectivity index (χ2n) is 7.13. The summed E-state index contributed by atoms with van der Waals surface area (Å²) in [7, 11) is -4.01. The van der Waals surface area contributed by atoms with Crippen molar-refractivity contribution in [2.24, 2.45) is 0 Å². The summed E-state index contributed by atoms with van der Waals surface area (Å²) >= 11 is 1.41. The summed E-state index contributed by atoms with van der Waals surface area (Å²) in [5.41, 5.74) is 0. The van der Waals surface area contributed by atoms with E-state index in [1.54, 1.807) is 24.3 Å². The van der Waals surface area contributed by atoms with Crippen molar-refractivity contribution in [2.45, 2.75) is 43.9 Å². The number of hydrogen-bond donors (Lipinski definition) is 0. The van der Waals surface area contributed by atoms with Crippen LogP contribution in [0.4, 0.5) is 0 Å². The number of hydrogen-bond acceptors (Lipinski definition) is 5. The van der Waals surface area contributed by atoms with Crippen LogP contribution >= 0.6 is 19.6 Å². The minimum atomic E-state index is -4.01. The normalized spacial score (nSPS) is 11.7. The number of unbranched alkanes of at least 4 members (excludes halogenated alkanes) is 4. The van der Waals surface area contributed by atoms with E-state index in [1.165, 1.54) is 24.6 Å². The Morgan fingerprint density at radius 2 is 1.31 bits per heavy atom. The molecule has 6 heteroatoms. The number of benzene rings is 3. The van der Waals surface area contributed by atoms with Crippen LogP contribution in [0.1, 0.15) is 39.0 Å². The molecular weight excluding hydrogens is 439 g/mol. The van der Waals surface area contributed by atoms with Gasteiger partial charge in [-0.3, -0.25) is 0 Å². The molecule has 0 unspecified atom stereocenters. The molecule has 0 aliphatic rings. The van der Waals surface area contributed by atoms with Crippen molar-refractivity contribution in [3.63, 3.8) is 0 Å². The maximum absolute atomic E-state index is 13.8. The molecule has 0 aliphatic carbocycles. The van der Waals surface area contributed by atoms with Crippen LogP contribution in [0.25, 0.3) is 0 Å². The van der Waals surface area contributed by atoms with Gasteiger partial charge in [-0.05, 0) is 55.3 Å². The zero-order chi connectivity index (χ0) is 22.5. The highest BCUT2D eigenvalue weighted by molar-refractivity contribution is 8.03. The lowest BCUT2D eigenvalue weighted by Crippen LogP contribution is -2.04. The minimum Gasteiger partial charge on any atom is -0.386 e. The van der Waals surface area contributed by atoms with E-state index in [4.69, 9.17) is 13.6 Å². The van der Waals surface area contributed by atoms with Gasteiger partial charge in [-0.15, -0.1) is 0 Å². The van der Waals surface area contributed by atoms with Gasteiger partial charge in [-0.25, -0.2) is 0 Å². The number of rotatable bonds is 13. The first-order chi connectivity index (χ1) is 15.7. The van der Waals surface area contributed by atoms with Gasteiger partial charge < -0.3 is 13.6 Å². The molecule has 0 amide bonds. The van der Waals surface area contributed by atoms with Crippen LogP contribution in [-0.4, -0.2) is 0 Å². The molecule has 0 radical (unpaired) electrons. The van der Waals surface area contributed by atoms with E-state index >= 15 is 0 Å². The molecule has 168 valence electrons. The Labute approximate surface area is 195 Å². The summed E-state index contributed by atoms with van der Waals surface area (Å²) in [6.07, 6.45) is 7.36. The highest BCUT2D eigenvalue weighted by Crippen LogP contribution is 2.53. The molecule has 3 rings (SSSR count). The van der Waals surface area contributed by atoms with Crippen LogP contribution in [0.15, 0.2) is 107 Å². The van der Waals surface area contributed by atoms with Gasteiger partial charge in [-0.1, -0.05) is 92.5 Å². The van der Waals surface area contributed by atoms with E-state index in [2.05, 4.69) is 6.92 Å². The predicted octanol–water partition coefficient (Wildman–Crippen LogP) is 8.87. The lowest BCUT2D eigenvalue weighted by Gasteiger charge is -2.20. The molecule has 0 bridgehead atoms. The Bertz CT molecular complexity index is 949. The van der Waals surface area contributed by atoms with E-state index in [1.807, 2.05) is 72.8 Å². The van der Waals surface area contributed by atoms with E-state index in [0.717, 1.165) is 24.2 Å². The van der Waals surface area contributed by atoms with Crippen LogP contribution in [0.3, 0.4) is 0 Å². The molecule has 0 atom stereocenters. The quantitative estimate of drug-likeness (QED) is 0.108. The van der Waals surface area contributed by atoms with Gasteiger partial charge in [0.1, 0.15) is 11.5 Å². The number of allylic oxidation sites excluding steroid dienone is 1. The van der Waals surface area contributed by atoms with Gasteiger partial charge in [0, 0.05) is 4.90 Å². The van der Waals surface area contributed by atoms with Gasteiger partial charge in [-0.2, -0.15) is 4.57 Å². The molecule has 0 fully saturated rings. The van der Waals surface area contributed by atoms with Gasteiger partial charge in [0.05, 0.1) is 0 Å². The number of phosphoric ester groups is 1. The Kier molecular flexibility index (Phi) is 9.80. The van der Waals surface area contributed by atoms with Crippen molar-refractivity contribution in [3.05, 3.63) is 102 Å². The minimum absolute atomic E-state index is 0.416. The lowest BCUT2D eigenvalue weighted by molar-refractivity contribution is 0.268. The first-order valence-electron chi connectivity index (χ1n) is 10.9. The van der Waals surface area contributed by atoms with Crippen molar-refractivity contribution >= 4 is 19.6 Å². The second-order valence-corrected chi connectivity index (χ2v) is 9.65. The summed E-state index contributed by atoms with van der Waals surface area (Å²) in [6, 6.07) is 27.7. The molecule has 32 heavy (non-hydrogen) atoms. The van der Waals surface area contributed by atoms with E-state index < -0.39 is 7.82 Å². The van der Waals surface area contributed by atoms with Crippen molar-refractivity contribution in [1.29, 1.82) is 0 Å². The average molecular weight is 469 g/mol. The lowest BCUT2D eigenvalue weighted by atomic mass is 10.1. The summed E-state index contributed by atoms with van der Waals surface area (Å²) in [6.45, 7) is 2.19. The summed E-state index contributed by atoms with van der Waals surface area (Å²) in [4.78, 5) is 0.985. The van der Waals surface area contributed by atoms with Crippen molar-refractivity contribution in [1.82, 2.24) is 0 Å². The fraction of sp³-hybridized carbons (Fsp3) is 0.231. The van der Waals surface area contributed by atoms with Crippen molar-refractivity contribution < 1.29 is 18.1 Å². The summed E-state index contributed by atoms with van der Waals surface area (Å²) in [5, 5.41) is 0.503. The number of phosphoric acid groups is 1. The van der Waals surface area contributed by atoms with Crippen LogP contribution in [0, 0.1) is 0 Å². The standard InChI is InChI=1S/C26H29O4PS/c1-2-3-4-5-15-22-26(32-25-20-13-8-14-21-25)30-31(27,28-23-16-9-6-10-17-23)29-24-18-11-7-12-19-24/h6-14,16-22H,2-5,15H2,1H3. The fourth-order valence-electron chi connectivity index (χ4n) is 2.88. The molecule has 0 spiro atoms. The highest BCUT2D eigenvalue weighted by atomic mass is 32.2. The smallest absolute Gasteiger partial charge is 0.386 e. The van der Waals surface area contributed by atoms with E-state index in [-0.39, 0.29) is 0 Å². The Hall–Kier alpha value is -2.62. The van der Waals surface area contributed by atoms with Crippen LogP contribution in [-0.2, 0) is 9.09 Å². The van der Waals surface area contributed by atoms with Crippen molar-refractivity contribution in [2.75, 3.05) is 0 Å². The maximum atomic E-state index is 13.8. The molecule has 0 saturated heterocycles. The zero-order valence-corrected chi connectivity index (χ0v) is 20.0. The fourth-order valence-corrected chi connectivity index (χ4v) is 5.20. The third kappa shape index (κ3) is 8.49. The Morgan fingerprint density at radius 1 is 0.781 bits per heavy atom. The third-order valence-electron chi connectivity index (χ3n) is 4.45. The second kappa shape index (κ2) is 13.0. The SMILES string of the molecule is CCCCCCC=C(OP(=O)(Oc1ccccc1)Oc1ccccc1)Sc1ccccc1. The van der Waals surface area contributed by atoms with Crippen LogP contribution in [0.5, 0.6) is 11.5 Å². The molecule has 0 aromatic heterocycles. The molecule has 3 aromatic rings. The first kappa shape index (κ1) is 24.0. The average Bonchev–Trinajstić information content (AvgIpc) is 2.80. The Morgan fingerprint density at radius 3 is 1.84 bits per heavy atom. The maximum Gasteiger partial charge on any atom is 0.647 e. The van der Waals surface area contributed by atoms with Gasteiger partial charge in [0.15, 0.2) is 5.09 Å². The summed E-state index contributed by atoms with van der Waals surface area (Å²) in [5.74, 6) is 0.831. The van der Waals surface area contributed by atoms with Gasteiger partial charge >= 0.3 is 7.82 Å². The number of para-hydroxylation sites is 2. The monoisotopic (exact) mass is 468 g/mol. The molecule has 4 nitrogen and oxygen atoms in total. The largest absolute Gasteiger partial charge is 0.647 e. The third-order valence-corrected chi connectivity index (χ3v) is 6.82. The highest BCUT2D eigenvalue weighted by Gasteiger charge is 2.34. The van der Waals surface area contributed by atoms with E-state index in [9.17, 15) is 4.57 Å². The van der Waals surface area contributed by atoms with Gasteiger partial charge in [0.2, 0.25) is 0 Å². The molecule has 3 aromatic carbocycles. The topological polar surface area (TPSA) is 44.8 Å². The number of thioether (sulfide) groups is 1. The molecular formula is C26H29O4PS. The van der Waals surface area contributed by atoms with Gasteiger partial charge in [0.25, 0.3) is 0 Å². The first-order valence-corrected chi connectivity index (χ1v) is 13.2. The predicted molar refractivity (Wildman–Crippen MR) is 132 cm³/mol.